The van der Waals surface area contributed by atoms with Crippen molar-refractivity contribution in [1.29, 1.82) is 0 Å². The first-order valence-electron chi connectivity index (χ1n) is 6.17. The molecule has 0 bridgehead atoms. The summed E-state index contributed by atoms with van der Waals surface area (Å²) in [6, 6.07) is 1.85. The fraction of sp³-hybridized carbons (Fsp3) is 0.500. The minimum absolute atomic E-state index is 0.0302. The molecule has 1 fully saturated rings. The summed E-state index contributed by atoms with van der Waals surface area (Å²) >= 11 is 1.41. The van der Waals surface area contributed by atoms with Crippen LogP contribution < -0.4 is 5.32 Å². The molecule has 0 spiro atoms. The molecule has 2 N–H and O–H groups in total. The maximum Gasteiger partial charge on any atom is 0.262 e. The highest BCUT2D eigenvalue weighted by Gasteiger charge is 2.32. The number of carbonyl (C=O) groups excluding carboxylic acids is 1. The molecule has 0 saturated heterocycles. The van der Waals surface area contributed by atoms with Crippen LogP contribution in [-0.4, -0.2) is 24.2 Å². The zero-order valence-corrected chi connectivity index (χ0v) is 11.2. The van der Waals surface area contributed by atoms with Crippen LogP contribution in [0.15, 0.2) is 11.4 Å². The molecule has 1 saturated carbocycles. The predicted molar refractivity (Wildman–Crippen MR) is 72.5 cm³/mol. The molecule has 2 unspecified atom stereocenters. The quantitative estimate of drug-likeness (QED) is 0.815. The fourth-order valence-electron chi connectivity index (χ4n) is 1.78. The van der Waals surface area contributed by atoms with Gasteiger partial charge in [0.15, 0.2) is 0 Å². The summed E-state index contributed by atoms with van der Waals surface area (Å²) in [4.78, 5) is 12.7. The van der Waals surface area contributed by atoms with Crippen molar-refractivity contribution in [1.82, 2.24) is 5.32 Å². The molecular weight excluding hydrogens is 246 g/mol. The van der Waals surface area contributed by atoms with Gasteiger partial charge in [0.05, 0.1) is 6.61 Å². The number of rotatable bonds is 4. The van der Waals surface area contributed by atoms with Gasteiger partial charge in [-0.05, 0) is 29.7 Å². The Hall–Kier alpha value is -1.31. The highest BCUT2D eigenvalue weighted by atomic mass is 32.1. The molecule has 1 aromatic heterocycles. The van der Waals surface area contributed by atoms with Crippen molar-refractivity contribution >= 4 is 17.2 Å². The van der Waals surface area contributed by atoms with Gasteiger partial charge in [0.25, 0.3) is 5.91 Å². The van der Waals surface area contributed by atoms with Crippen molar-refractivity contribution in [3.63, 3.8) is 0 Å². The van der Waals surface area contributed by atoms with Crippen molar-refractivity contribution < 1.29 is 9.90 Å². The Morgan fingerprint density at radius 2 is 2.44 bits per heavy atom. The Labute approximate surface area is 111 Å². The van der Waals surface area contributed by atoms with Crippen LogP contribution in [0.3, 0.4) is 0 Å². The molecule has 1 aliphatic rings. The van der Waals surface area contributed by atoms with Crippen molar-refractivity contribution in [2.75, 3.05) is 13.2 Å². The summed E-state index contributed by atoms with van der Waals surface area (Å²) in [6.07, 6.45) is 1.66. The summed E-state index contributed by atoms with van der Waals surface area (Å²) in [6.45, 7) is 3.02. The van der Waals surface area contributed by atoms with E-state index >= 15 is 0 Å². The molecule has 0 radical (unpaired) electrons. The summed E-state index contributed by atoms with van der Waals surface area (Å²) < 4.78 is 0. The second-order valence-corrected chi connectivity index (χ2v) is 5.54. The topological polar surface area (TPSA) is 49.3 Å². The van der Waals surface area contributed by atoms with Crippen LogP contribution in [0.4, 0.5) is 0 Å². The van der Waals surface area contributed by atoms with Gasteiger partial charge in [-0.3, -0.25) is 4.79 Å². The van der Waals surface area contributed by atoms with Crippen LogP contribution in [0.2, 0.25) is 0 Å². The van der Waals surface area contributed by atoms with E-state index in [-0.39, 0.29) is 12.5 Å². The second-order valence-electron chi connectivity index (χ2n) is 4.62. The SMILES string of the molecule is CC1CC1CNC(=O)c1sccc1C#CCCO. The zero-order valence-electron chi connectivity index (χ0n) is 10.4. The maximum absolute atomic E-state index is 12.0. The van der Waals surface area contributed by atoms with Gasteiger partial charge < -0.3 is 10.4 Å². The van der Waals surface area contributed by atoms with Crippen molar-refractivity contribution in [3.05, 3.63) is 21.9 Å². The highest BCUT2D eigenvalue weighted by Crippen LogP contribution is 2.36. The predicted octanol–water partition coefficient (Wildman–Crippen LogP) is 1.87. The van der Waals surface area contributed by atoms with Crippen molar-refractivity contribution in [2.24, 2.45) is 11.8 Å². The van der Waals surface area contributed by atoms with E-state index in [4.69, 9.17) is 5.11 Å². The fourth-order valence-corrected chi connectivity index (χ4v) is 2.55. The number of hydrogen-bond donors (Lipinski definition) is 2. The number of aliphatic hydroxyl groups is 1. The van der Waals surface area contributed by atoms with Gasteiger partial charge in [-0.1, -0.05) is 18.8 Å². The molecule has 0 aliphatic heterocycles. The number of carbonyl (C=O) groups is 1. The van der Waals surface area contributed by atoms with E-state index in [1.165, 1.54) is 17.8 Å². The number of nitrogens with one attached hydrogen (secondary N) is 1. The van der Waals surface area contributed by atoms with Crippen LogP contribution in [0.1, 0.15) is 35.0 Å². The Balaban J connectivity index is 1.93. The van der Waals surface area contributed by atoms with Crippen molar-refractivity contribution in [3.8, 4) is 11.8 Å². The Kier molecular flexibility index (Phi) is 4.40. The summed E-state index contributed by atoms with van der Waals surface area (Å²) in [5.41, 5.74) is 0.759. The number of thiophene rings is 1. The molecule has 1 heterocycles. The summed E-state index contributed by atoms with van der Waals surface area (Å²) in [5, 5.41) is 13.5. The van der Waals surface area contributed by atoms with E-state index in [0.29, 0.717) is 17.2 Å². The lowest BCUT2D eigenvalue weighted by Gasteiger charge is -2.02. The van der Waals surface area contributed by atoms with Crippen LogP contribution >= 0.6 is 11.3 Å². The van der Waals surface area contributed by atoms with Crippen LogP contribution in [0.5, 0.6) is 0 Å². The average molecular weight is 263 g/mol. The van der Waals surface area contributed by atoms with Gasteiger partial charge >= 0.3 is 0 Å². The molecule has 96 valence electrons. The lowest BCUT2D eigenvalue weighted by molar-refractivity contribution is 0.0955. The van der Waals surface area contributed by atoms with E-state index < -0.39 is 0 Å². The smallest absolute Gasteiger partial charge is 0.262 e. The molecule has 2 atom stereocenters. The van der Waals surface area contributed by atoms with Crippen LogP contribution in [0.25, 0.3) is 0 Å². The first-order chi connectivity index (χ1) is 8.72. The van der Waals surface area contributed by atoms with Gasteiger partial charge in [-0.15, -0.1) is 11.3 Å². The van der Waals surface area contributed by atoms with Gasteiger partial charge in [0.1, 0.15) is 4.88 Å². The summed E-state index contributed by atoms with van der Waals surface area (Å²) in [7, 11) is 0. The summed E-state index contributed by atoms with van der Waals surface area (Å²) in [5.74, 6) is 7.14. The molecule has 1 aliphatic carbocycles. The van der Waals surface area contributed by atoms with E-state index in [0.717, 1.165) is 18.0 Å². The number of amides is 1. The molecule has 18 heavy (non-hydrogen) atoms. The van der Waals surface area contributed by atoms with E-state index in [1.54, 1.807) is 0 Å². The third kappa shape index (κ3) is 3.34. The minimum Gasteiger partial charge on any atom is -0.395 e. The first-order valence-corrected chi connectivity index (χ1v) is 7.05. The van der Waals surface area contributed by atoms with Gasteiger partial charge in [0, 0.05) is 18.5 Å². The van der Waals surface area contributed by atoms with E-state index in [9.17, 15) is 4.79 Å². The highest BCUT2D eigenvalue weighted by molar-refractivity contribution is 7.12. The van der Waals surface area contributed by atoms with Crippen LogP contribution in [0, 0.1) is 23.7 Å². The monoisotopic (exact) mass is 263 g/mol. The zero-order chi connectivity index (χ0) is 13.0. The van der Waals surface area contributed by atoms with E-state index in [2.05, 4.69) is 24.1 Å². The lowest BCUT2D eigenvalue weighted by Crippen LogP contribution is -2.25. The Morgan fingerprint density at radius 3 is 3.11 bits per heavy atom. The molecular formula is C14H17NO2S. The maximum atomic E-state index is 12.0. The third-order valence-electron chi connectivity index (χ3n) is 3.13. The second kappa shape index (κ2) is 6.03. The standard InChI is InChI=1S/C14H17NO2S/c1-10-8-12(10)9-15-14(17)13-11(5-7-18-13)4-2-3-6-16/h5,7,10,12,16H,3,6,8-9H2,1H3,(H,15,17). The lowest BCUT2D eigenvalue weighted by atomic mass is 10.2. The van der Waals surface area contributed by atoms with Gasteiger partial charge in [-0.2, -0.15) is 0 Å². The molecule has 2 rings (SSSR count). The normalized spacial score (nSPS) is 21.0. The molecule has 4 heteroatoms. The average Bonchev–Trinajstić information content (AvgIpc) is 2.88. The molecule has 1 aromatic rings. The molecule has 1 amide bonds. The number of aliphatic hydroxyl groups excluding tert-OH is 1. The van der Waals surface area contributed by atoms with Gasteiger partial charge in [-0.25, -0.2) is 0 Å². The first kappa shape index (κ1) is 13.1. The Bertz CT molecular complexity index is 483. The Morgan fingerprint density at radius 1 is 1.67 bits per heavy atom. The van der Waals surface area contributed by atoms with Crippen LogP contribution in [-0.2, 0) is 0 Å². The van der Waals surface area contributed by atoms with E-state index in [1.807, 2.05) is 11.4 Å². The molecule has 3 nitrogen and oxygen atoms in total. The third-order valence-corrected chi connectivity index (χ3v) is 4.05. The minimum atomic E-state index is -0.0302. The number of hydrogen-bond acceptors (Lipinski definition) is 3. The molecule has 0 aromatic carbocycles. The van der Waals surface area contributed by atoms with Crippen molar-refractivity contribution in [2.45, 2.75) is 19.8 Å². The largest absolute Gasteiger partial charge is 0.395 e. The van der Waals surface area contributed by atoms with Gasteiger partial charge in [0.2, 0.25) is 0 Å².